The minimum atomic E-state index is -1.39. The van der Waals surface area contributed by atoms with Crippen LogP contribution in [0.15, 0.2) is 97.2 Å². The molecule has 0 rings (SSSR count). The van der Waals surface area contributed by atoms with Crippen LogP contribution in [0, 0.1) is 0 Å². The summed E-state index contributed by atoms with van der Waals surface area (Å²) in [5.41, 5.74) is 0. The Labute approximate surface area is 364 Å². The van der Waals surface area contributed by atoms with Gasteiger partial charge >= 0.3 is 11.9 Å². The minimum absolute atomic E-state index is 0.0981. The Morgan fingerprint density at radius 1 is 0.500 bits per heavy atom. The number of amides is 2. The molecule has 9 nitrogen and oxygen atoms in total. The van der Waals surface area contributed by atoms with E-state index >= 15 is 0 Å². The summed E-state index contributed by atoms with van der Waals surface area (Å²) in [5.74, 6) is -2.38. The maximum Gasteiger partial charge on any atom is 0.328 e. The number of ether oxygens (including phenoxy) is 1. The van der Waals surface area contributed by atoms with E-state index in [2.05, 4.69) is 122 Å². The second kappa shape index (κ2) is 44.3. The van der Waals surface area contributed by atoms with Crippen molar-refractivity contribution >= 4 is 23.8 Å². The lowest BCUT2D eigenvalue weighted by atomic mass is 10.0. The van der Waals surface area contributed by atoms with Crippen LogP contribution >= 0.6 is 0 Å². The summed E-state index contributed by atoms with van der Waals surface area (Å²) in [4.78, 5) is 47.7. The quantitative estimate of drug-likeness (QED) is 0.0273. The Bertz CT molecular complexity index is 1320. The summed E-state index contributed by atoms with van der Waals surface area (Å²) in [6.45, 7) is 3.23. The van der Waals surface area contributed by atoms with E-state index in [9.17, 15) is 19.2 Å². The first kappa shape index (κ1) is 55.8. The average Bonchev–Trinajstić information content (AvgIpc) is 3.23. The number of carboxylic acids is 1. The number of carbonyl (C=O) groups excluding carboxylic acids is 3. The lowest BCUT2D eigenvalue weighted by molar-refractivity contribution is -0.150. The number of hydrogen-bond donors (Lipinski definition) is 4. The number of allylic oxidation sites excluding steroid dienone is 16. The lowest BCUT2D eigenvalue weighted by Crippen LogP contribution is -2.47. The number of aliphatic hydroxyl groups excluding tert-OH is 1. The van der Waals surface area contributed by atoms with Crippen molar-refractivity contribution in [1.29, 1.82) is 0 Å². The SMILES string of the molecule is CC/C=C\C/C=C\C/C=C\C/C=C\CCCCCCCCC(=O)OC(CC/C=C\C/C=C\C/C=C\C/C=C\CC)CCCCCCCC(=O)NCC(=O)NC(CO)C(=O)O. The molecule has 0 radical (unpaired) electrons. The molecule has 0 saturated heterocycles. The van der Waals surface area contributed by atoms with Gasteiger partial charge in [0.1, 0.15) is 12.1 Å². The van der Waals surface area contributed by atoms with Gasteiger partial charge < -0.3 is 25.6 Å². The van der Waals surface area contributed by atoms with Crippen molar-refractivity contribution in [3.05, 3.63) is 97.2 Å². The standard InChI is InChI=1S/C51H82N2O7/c1-3-5-7-9-11-13-15-17-18-19-20-21-22-24-26-28-30-35-39-43-50(57)60-46(40-36-32-29-27-25-23-16-14-12-10-8-6-4-2)41-37-33-31-34-38-42-48(55)52-44-49(56)53-47(45-54)51(58)59/h5-8,11-14,17-18,20-21,23,25,29,32,46-47,54H,3-4,9-10,15-16,19,22,24,26-28,30-31,33-45H2,1-2H3,(H,52,55)(H,53,56)(H,58,59)/b7-5-,8-6-,13-11-,14-12-,18-17-,21-20-,25-23-,32-29-. The maximum absolute atomic E-state index is 12.8. The van der Waals surface area contributed by atoms with Gasteiger partial charge in [0, 0.05) is 12.8 Å². The van der Waals surface area contributed by atoms with Gasteiger partial charge in [0.15, 0.2) is 0 Å². The van der Waals surface area contributed by atoms with Crippen LogP contribution in [0.5, 0.6) is 0 Å². The number of unbranched alkanes of at least 4 members (excludes halogenated alkanes) is 10. The van der Waals surface area contributed by atoms with Crippen LogP contribution in [-0.4, -0.2) is 59.3 Å². The average molecular weight is 835 g/mol. The third-order valence-corrected chi connectivity index (χ3v) is 9.58. The second-order valence-corrected chi connectivity index (χ2v) is 15.1. The van der Waals surface area contributed by atoms with E-state index in [4.69, 9.17) is 14.9 Å². The molecule has 2 amide bonds. The normalized spacial score (nSPS) is 13.4. The zero-order valence-electron chi connectivity index (χ0n) is 37.4. The number of nitrogens with one attached hydrogen (secondary N) is 2. The topological polar surface area (TPSA) is 142 Å². The molecule has 2 unspecified atom stereocenters. The Morgan fingerprint density at radius 2 is 0.933 bits per heavy atom. The van der Waals surface area contributed by atoms with Crippen molar-refractivity contribution in [2.24, 2.45) is 0 Å². The molecule has 0 spiro atoms. The molecule has 0 aromatic carbocycles. The molecule has 0 fully saturated rings. The number of hydrogen-bond acceptors (Lipinski definition) is 6. The van der Waals surface area contributed by atoms with Crippen LogP contribution in [-0.2, 0) is 23.9 Å². The second-order valence-electron chi connectivity index (χ2n) is 15.1. The molecule has 9 heteroatoms. The molecule has 2 atom stereocenters. The third-order valence-electron chi connectivity index (χ3n) is 9.58. The van der Waals surface area contributed by atoms with Crippen LogP contribution in [0.3, 0.4) is 0 Å². The minimum Gasteiger partial charge on any atom is -0.480 e. The van der Waals surface area contributed by atoms with Crippen LogP contribution < -0.4 is 10.6 Å². The Balaban J connectivity index is 4.44. The van der Waals surface area contributed by atoms with Gasteiger partial charge in [-0.3, -0.25) is 14.4 Å². The van der Waals surface area contributed by atoms with Crippen molar-refractivity contribution in [2.45, 2.75) is 187 Å². The highest BCUT2D eigenvalue weighted by Crippen LogP contribution is 2.17. The van der Waals surface area contributed by atoms with Crippen molar-refractivity contribution in [3.8, 4) is 0 Å². The van der Waals surface area contributed by atoms with Crippen molar-refractivity contribution < 1.29 is 34.1 Å². The maximum atomic E-state index is 12.8. The highest BCUT2D eigenvalue weighted by molar-refractivity contribution is 5.87. The van der Waals surface area contributed by atoms with E-state index < -0.39 is 24.5 Å². The number of carbonyl (C=O) groups is 4. The van der Waals surface area contributed by atoms with Crippen molar-refractivity contribution in [3.63, 3.8) is 0 Å². The Morgan fingerprint density at radius 3 is 1.43 bits per heavy atom. The molecule has 0 aromatic rings. The van der Waals surface area contributed by atoms with Crippen molar-refractivity contribution in [1.82, 2.24) is 10.6 Å². The summed E-state index contributed by atoms with van der Waals surface area (Å²) >= 11 is 0. The van der Waals surface area contributed by atoms with Gasteiger partial charge in [-0.15, -0.1) is 0 Å². The van der Waals surface area contributed by atoms with Gasteiger partial charge in [-0.1, -0.05) is 156 Å². The van der Waals surface area contributed by atoms with E-state index in [-0.39, 0.29) is 30.9 Å². The van der Waals surface area contributed by atoms with Gasteiger partial charge in [-0.25, -0.2) is 4.79 Å². The van der Waals surface area contributed by atoms with E-state index in [1.54, 1.807) is 0 Å². The predicted molar refractivity (Wildman–Crippen MR) is 249 cm³/mol. The van der Waals surface area contributed by atoms with Crippen LogP contribution in [0.1, 0.15) is 174 Å². The van der Waals surface area contributed by atoms with Crippen LogP contribution in [0.4, 0.5) is 0 Å². The fourth-order valence-corrected chi connectivity index (χ4v) is 6.11. The highest BCUT2D eigenvalue weighted by Gasteiger charge is 2.19. The lowest BCUT2D eigenvalue weighted by Gasteiger charge is -2.17. The largest absolute Gasteiger partial charge is 0.480 e. The van der Waals surface area contributed by atoms with Gasteiger partial charge in [-0.2, -0.15) is 0 Å². The van der Waals surface area contributed by atoms with E-state index in [1.807, 2.05) is 0 Å². The van der Waals surface area contributed by atoms with Crippen LogP contribution in [0.25, 0.3) is 0 Å². The molecule has 0 bridgehead atoms. The summed E-state index contributed by atoms with van der Waals surface area (Å²) in [5, 5.41) is 22.6. The molecule has 0 aliphatic heterocycles. The molecular formula is C51H82N2O7. The molecule has 0 aliphatic carbocycles. The third kappa shape index (κ3) is 40.5. The zero-order chi connectivity index (χ0) is 44.0. The number of esters is 1. The first-order chi connectivity index (χ1) is 29.3. The summed E-state index contributed by atoms with van der Waals surface area (Å²) < 4.78 is 5.99. The molecule has 338 valence electrons. The van der Waals surface area contributed by atoms with Gasteiger partial charge in [0.2, 0.25) is 11.8 Å². The predicted octanol–water partition coefficient (Wildman–Crippen LogP) is 11.8. The van der Waals surface area contributed by atoms with Crippen molar-refractivity contribution in [2.75, 3.05) is 13.2 Å². The molecular weight excluding hydrogens is 753 g/mol. The fourth-order valence-electron chi connectivity index (χ4n) is 6.11. The van der Waals surface area contributed by atoms with Gasteiger partial charge in [-0.05, 0) is 103 Å². The first-order valence-corrected chi connectivity index (χ1v) is 23.1. The highest BCUT2D eigenvalue weighted by atomic mass is 16.5. The summed E-state index contributed by atoms with van der Waals surface area (Å²) in [6.07, 6.45) is 58.6. The summed E-state index contributed by atoms with van der Waals surface area (Å²) in [7, 11) is 0. The van der Waals surface area contributed by atoms with E-state index in [0.29, 0.717) is 12.8 Å². The van der Waals surface area contributed by atoms with Gasteiger partial charge in [0.25, 0.3) is 0 Å². The van der Waals surface area contributed by atoms with Crippen LogP contribution in [0.2, 0.25) is 0 Å². The number of aliphatic carboxylic acids is 1. The Hall–Kier alpha value is -4.24. The molecule has 0 aromatic heterocycles. The fraction of sp³-hybridized carbons (Fsp3) is 0.608. The molecule has 60 heavy (non-hydrogen) atoms. The molecule has 0 heterocycles. The first-order valence-electron chi connectivity index (χ1n) is 23.1. The monoisotopic (exact) mass is 835 g/mol. The number of aliphatic hydroxyl groups is 1. The van der Waals surface area contributed by atoms with E-state index in [0.717, 1.165) is 122 Å². The molecule has 0 saturated carbocycles. The number of rotatable bonds is 40. The Kier molecular flexibility index (Phi) is 41.2. The smallest absolute Gasteiger partial charge is 0.328 e. The van der Waals surface area contributed by atoms with Gasteiger partial charge in [0.05, 0.1) is 13.2 Å². The zero-order valence-corrected chi connectivity index (χ0v) is 37.4. The summed E-state index contributed by atoms with van der Waals surface area (Å²) in [6, 6.07) is -1.39. The van der Waals surface area contributed by atoms with E-state index in [1.165, 1.54) is 19.3 Å². The molecule has 4 N–H and O–H groups in total. The molecule has 0 aliphatic rings. The number of carboxylic acid groups (broad SMARTS) is 1.